The fraction of sp³-hybridized carbons (Fsp3) is 0.588. The molecule has 1 N–H and O–H groups in total. The molecule has 0 unspecified atom stereocenters. The number of aryl methyl sites for hydroxylation is 1. The van der Waals surface area contributed by atoms with Crippen LogP contribution in [-0.2, 0) is 21.4 Å². The van der Waals surface area contributed by atoms with E-state index in [1.165, 1.54) is 0 Å². The van der Waals surface area contributed by atoms with E-state index in [2.05, 4.69) is 20.8 Å². The van der Waals surface area contributed by atoms with Crippen LogP contribution in [0.4, 0.5) is 0 Å². The molecule has 3 nitrogen and oxygen atoms in total. The van der Waals surface area contributed by atoms with Crippen LogP contribution in [0.2, 0.25) is 0 Å². The van der Waals surface area contributed by atoms with Crippen LogP contribution < -0.4 is 0 Å². The Labute approximate surface area is 122 Å². The number of esters is 1. The third kappa shape index (κ3) is 5.24. The van der Waals surface area contributed by atoms with E-state index >= 15 is 0 Å². The first kappa shape index (κ1) is 16.5. The summed E-state index contributed by atoms with van der Waals surface area (Å²) in [5, 5.41) is 9.64. The van der Waals surface area contributed by atoms with E-state index in [-0.39, 0.29) is 17.1 Å². The molecule has 0 aliphatic rings. The number of rotatable bonds is 3. The standard InChI is InChI=1S/C17H26O3/c1-16(2,3)14-11-13(18)9-7-12(14)8-10-15(19)20-17(4,5)6/h7,9,11,18H,8,10H2,1-6H3. The first-order chi connectivity index (χ1) is 8.99. The van der Waals surface area contributed by atoms with Gasteiger partial charge in [-0.3, -0.25) is 4.79 Å². The Balaban J connectivity index is 2.81. The first-order valence-electron chi connectivity index (χ1n) is 7.03. The average Bonchev–Trinajstić information content (AvgIpc) is 2.23. The number of phenols is 1. The van der Waals surface area contributed by atoms with Gasteiger partial charge in [-0.1, -0.05) is 26.8 Å². The maximum Gasteiger partial charge on any atom is 0.306 e. The van der Waals surface area contributed by atoms with E-state index in [4.69, 9.17) is 4.74 Å². The van der Waals surface area contributed by atoms with Gasteiger partial charge in [0.05, 0.1) is 0 Å². The van der Waals surface area contributed by atoms with Gasteiger partial charge in [0.25, 0.3) is 0 Å². The summed E-state index contributed by atoms with van der Waals surface area (Å²) < 4.78 is 5.32. The maximum absolute atomic E-state index is 11.8. The van der Waals surface area contributed by atoms with Crippen molar-refractivity contribution in [1.82, 2.24) is 0 Å². The van der Waals surface area contributed by atoms with Crippen molar-refractivity contribution in [2.45, 2.75) is 65.4 Å². The molecule has 0 fully saturated rings. The van der Waals surface area contributed by atoms with Crippen LogP contribution >= 0.6 is 0 Å². The van der Waals surface area contributed by atoms with E-state index in [1.54, 1.807) is 12.1 Å². The van der Waals surface area contributed by atoms with Crippen LogP contribution in [-0.4, -0.2) is 16.7 Å². The Kier molecular flexibility index (Phi) is 4.85. The molecule has 0 aliphatic carbocycles. The van der Waals surface area contributed by atoms with Crippen molar-refractivity contribution in [3.05, 3.63) is 29.3 Å². The maximum atomic E-state index is 11.8. The van der Waals surface area contributed by atoms with Gasteiger partial charge in [-0.05, 0) is 55.9 Å². The summed E-state index contributed by atoms with van der Waals surface area (Å²) in [6.07, 6.45) is 0.979. The van der Waals surface area contributed by atoms with Crippen LogP contribution in [0.5, 0.6) is 5.75 Å². The van der Waals surface area contributed by atoms with E-state index in [9.17, 15) is 9.90 Å². The molecule has 0 spiro atoms. The van der Waals surface area contributed by atoms with Gasteiger partial charge >= 0.3 is 5.97 Å². The fourth-order valence-corrected chi connectivity index (χ4v) is 2.11. The van der Waals surface area contributed by atoms with Crippen LogP contribution in [0.15, 0.2) is 18.2 Å². The zero-order valence-electron chi connectivity index (χ0n) is 13.4. The number of carbonyl (C=O) groups is 1. The third-order valence-electron chi connectivity index (χ3n) is 2.92. The molecule has 1 aromatic carbocycles. The molecule has 3 heteroatoms. The molecule has 1 aromatic rings. The Bertz CT molecular complexity index is 476. The fourth-order valence-electron chi connectivity index (χ4n) is 2.11. The zero-order chi connectivity index (χ0) is 15.6. The predicted molar refractivity (Wildman–Crippen MR) is 81.0 cm³/mol. The van der Waals surface area contributed by atoms with Gasteiger partial charge in [0.2, 0.25) is 0 Å². The lowest BCUT2D eigenvalue weighted by atomic mass is 9.82. The van der Waals surface area contributed by atoms with Crippen LogP contribution in [0.1, 0.15) is 59.1 Å². The highest BCUT2D eigenvalue weighted by atomic mass is 16.6. The van der Waals surface area contributed by atoms with E-state index in [0.717, 1.165) is 11.1 Å². The van der Waals surface area contributed by atoms with Crippen LogP contribution in [0, 0.1) is 0 Å². The summed E-state index contributed by atoms with van der Waals surface area (Å²) >= 11 is 0. The summed E-state index contributed by atoms with van der Waals surface area (Å²) in [5.74, 6) is 0.0707. The third-order valence-corrected chi connectivity index (χ3v) is 2.92. The summed E-state index contributed by atoms with van der Waals surface area (Å²) in [4.78, 5) is 11.8. The molecule has 0 saturated carbocycles. The minimum absolute atomic E-state index is 0.0675. The van der Waals surface area contributed by atoms with Crippen molar-refractivity contribution in [3.8, 4) is 5.75 Å². The summed E-state index contributed by atoms with van der Waals surface area (Å²) in [5.41, 5.74) is 1.64. The van der Waals surface area contributed by atoms with Crippen molar-refractivity contribution < 1.29 is 14.6 Å². The highest BCUT2D eigenvalue weighted by Gasteiger charge is 2.20. The molecular formula is C17H26O3. The molecule has 20 heavy (non-hydrogen) atoms. The molecule has 0 aromatic heterocycles. The lowest BCUT2D eigenvalue weighted by Crippen LogP contribution is -2.24. The normalized spacial score (nSPS) is 12.3. The molecular weight excluding hydrogens is 252 g/mol. The van der Waals surface area contributed by atoms with E-state index in [1.807, 2.05) is 26.8 Å². The Morgan fingerprint density at radius 3 is 2.25 bits per heavy atom. The van der Waals surface area contributed by atoms with Gasteiger partial charge in [-0.15, -0.1) is 0 Å². The van der Waals surface area contributed by atoms with Crippen molar-refractivity contribution in [3.63, 3.8) is 0 Å². The van der Waals surface area contributed by atoms with Crippen LogP contribution in [0.3, 0.4) is 0 Å². The first-order valence-corrected chi connectivity index (χ1v) is 7.03. The van der Waals surface area contributed by atoms with E-state index < -0.39 is 5.60 Å². The second kappa shape index (κ2) is 5.86. The molecule has 0 amide bonds. The van der Waals surface area contributed by atoms with Gasteiger partial charge in [0, 0.05) is 6.42 Å². The van der Waals surface area contributed by atoms with E-state index in [0.29, 0.717) is 12.8 Å². The van der Waals surface area contributed by atoms with Gasteiger partial charge in [0.1, 0.15) is 11.4 Å². The molecule has 1 rings (SSSR count). The minimum atomic E-state index is -0.446. The number of hydrogen-bond acceptors (Lipinski definition) is 3. The molecule has 0 bridgehead atoms. The number of aromatic hydroxyl groups is 1. The zero-order valence-corrected chi connectivity index (χ0v) is 13.4. The summed E-state index contributed by atoms with van der Waals surface area (Å²) in [6.45, 7) is 11.9. The van der Waals surface area contributed by atoms with Gasteiger partial charge in [-0.25, -0.2) is 0 Å². The lowest BCUT2D eigenvalue weighted by molar-refractivity contribution is -0.154. The van der Waals surface area contributed by atoms with Gasteiger partial charge in [-0.2, -0.15) is 0 Å². The quantitative estimate of drug-likeness (QED) is 0.851. The summed E-state index contributed by atoms with van der Waals surface area (Å²) in [6, 6.07) is 5.34. The Morgan fingerprint density at radius 1 is 1.15 bits per heavy atom. The number of carbonyl (C=O) groups excluding carboxylic acids is 1. The molecule has 0 heterocycles. The minimum Gasteiger partial charge on any atom is -0.508 e. The molecule has 0 radical (unpaired) electrons. The van der Waals surface area contributed by atoms with Gasteiger partial charge < -0.3 is 9.84 Å². The topological polar surface area (TPSA) is 46.5 Å². The SMILES string of the molecule is CC(C)(C)OC(=O)CCc1ccc(O)cc1C(C)(C)C. The Morgan fingerprint density at radius 2 is 1.75 bits per heavy atom. The predicted octanol–water partition coefficient (Wildman–Crippen LogP) is 3.96. The molecule has 0 saturated heterocycles. The average molecular weight is 278 g/mol. The molecule has 0 aliphatic heterocycles. The Hall–Kier alpha value is -1.51. The number of benzene rings is 1. The lowest BCUT2D eigenvalue weighted by Gasteiger charge is -2.24. The summed E-state index contributed by atoms with van der Waals surface area (Å²) in [7, 11) is 0. The van der Waals surface area contributed by atoms with Crippen molar-refractivity contribution in [2.75, 3.05) is 0 Å². The second-order valence-corrected chi connectivity index (χ2v) is 7.18. The molecule has 0 atom stereocenters. The number of phenolic OH excluding ortho intramolecular Hbond substituents is 1. The van der Waals surface area contributed by atoms with Gasteiger partial charge in [0.15, 0.2) is 0 Å². The number of hydrogen-bond donors (Lipinski definition) is 1. The highest BCUT2D eigenvalue weighted by Crippen LogP contribution is 2.30. The number of ether oxygens (including phenoxy) is 1. The second-order valence-electron chi connectivity index (χ2n) is 7.18. The monoisotopic (exact) mass is 278 g/mol. The highest BCUT2D eigenvalue weighted by molar-refractivity contribution is 5.70. The van der Waals surface area contributed by atoms with Crippen molar-refractivity contribution in [2.24, 2.45) is 0 Å². The largest absolute Gasteiger partial charge is 0.508 e. The smallest absolute Gasteiger partial charge is 0.306 e. The van der Waals surface area contributed by atoms with Crippen molar-refractivity contribution in [1.29, 1.82) is 0 Å². The van der Waals surface area contributed by atoms with Crippen LogP contribution in [0.25, 0.3) is 0 Å². The molecule has 112 valence electrons. The van der Waals surface area contributed by atoms with Crippen molar-refractivity contribution >= 4 is 5.97 Å².